The lowest BCUT2D eigenvalue weighted by Crippen LogP contribution is -1.88. The first kappa shape index (κ1) is 7.75. The van der Waals surface area contributed by atoms with E-state index < -0.39 is 0 Å². The number of rotatable bonds is 0. The summed E-state index contributed by atoms with van der Waals surface area (Å²) in [6, 6.07) is 12.8. The van der Waals surface area contributed by atoms with Gasteiger partial charge in [-0.3, -0.25) is 4.98 Å². The summed E-state index contributed by atoms with van der Waals surface area (Å²) in [5.41, 5.74) is 2.15. The second-order valence-corrected chi connectivity index (χ2v) is 2.83. The van der Waals surface area contributed by atoms with Crippen LogP contribution in [0, 0.1) is 24.3 Å². The minimum atomic E-state index is 0.527. The number of hydrogen-bond acceptors (Lipinski definition) is 2. The Morgan fingerprint density at radius 1 is 1.38 bits per heavy atom. The minimum absolute atomic E-state index is 0.527. The predicted molar refractivity (Wildman–Crippen MR) is 50.0 cm³/mol. The second kappa shape index (κ2) is 2.87. The van der Waals surface area contributed by atoms with Gasteiger partial charge in [-0.25, -0.2) is 0 Å². The van der Waals surface area contributed by atoms with Crippen molar-refractivity contribution in [3.63, 3.8) is 0 Å². The predicted octanol–water partition coefficient (Wildman–Crippen LogP) is 2.22. The molecule has 0 atom stereocenters. The van der Waals surface area contributed by atoms with Crippen molar-refractivity contribution in [3.05, 3.63) is 41.6 Å². The van der Waals surface area contributed by atoms with Gasteiger partial charge in [0.2, 0.25) is 0 Å². The van der Waals surface area contributed by atoms with Crippen LogP contribution in [0.3, 0.4) is 0 Å². The van der Waals surface area contributed by atoms with Gasteiger partial charge in [-0.2, -0.15) is 5.26 Å². The topological polar surface area (TPSA) is 36.7 Å². The summed E-state index contributed by atoms with van der Waals surface area (Å²) in [6.45, 7) is 1.82. The average Bonchev–Trinajstić information content (AvgIpc) is 2.17. The Kier molecular flexibility index (Phi) is 1.71. The van der Waals surface area contributed by atoms with Crippen LogP contribution in [0.1, 0.15) is 11.3 Å². The van der Waals surface area contributed by atoms with Crippen molar-refractivity contribution in [2.75, 3.05) is 0 Å². The number of nitrogens with zero attached hydrogens (tertiary/aromatic N) is 2. The van der Waals surface area contributed by atoms with Crippen molar-refractivity contribution in [1.82, 2.24) is 4.98 Å². The van der Waals surface area contributed by atoms with Crippen LogP contribution in [0.15, 0.2) is 24.3 Å². The number of para-hydroxylation sites is 1. The summed E-state index contributed by atoms with van der Waals surface area (Å²) in [6.07, 6.45) is 0. The first-order chi connectivity index (χ1) is 6.31. The molecule has 1 aromatic carbocycles. The quantitative estimate of drug-likeness (QED) is 0.603. The van der Waals surface area contributed by atoms with Gasteiger partial charge in [0.1, 0.15) is 6.07 Å². The summed E-state index contributed by atoms with van der Waals surface area (Å²) >= 11 is 0. The Labute approximate surface area is 76.5 Å². The Balaban J connectivity index is 2.83. The Morgan fingerprint density at radius 2 is 2.15 bits per heavy atom. The molecule has 0 aliphatic heterocycles. The zero-order valence-electron chi connectivity index (χ0n) is 7.20. The van der Waals surface area contributed by atoms with Gasteiger partial charge in [0.25, 0.3) is 0 Å². The fourth-order valence-corrected chi connectivity index (χ4v) is 1.25. The van der Waals surface area contributed by atoms with E-state index in [9.17, 15) is 0 Å². The second-order valence-electron chi connectivity index (χ2n) is 2.83. The number of hydrogen-bond donors (Lipinski definition) is 0. The molecule has 0 bridgehead atoms. The van der Waals surface area contributed by atoms with Crippen molar-refractivity contribution in [2.24, 2.45) is 0 Å². The van der Waals surface area contributed by atoms with E-state index in [0.717, 1.165) is 16.6 Å². The Morgan fingerprint density at radius 3 is 2.92 bits per heavy atom. The maximum Gasteiger partial charge on any atom is 0.102 e. The zero-order chi connectivity index (χ0) is 9.26. The lowest BCUT2D eigenvalue weighted by molar-refractivity contribution is 1.23. The molecule has 1 radical (unpaired) electrons. The highest BCUT2D eigenvalue weighted by molar-refractivity contribution is 5.79. The van der Waals surface area contributed by atoms with Crippen LogP contribution in [-0.2, 0) is 0 Å². The van der Waals surface area contributed by atoms with E-state index in [1.165, 1.54) is 0 Å². The third-order valence-corrected chi connectivity index (χ3v) is 1.93. The van der Waals surface area contributed by atoms with E-state index in [4.69, 9.17) is 5.26 Å². The summed E-state index contributed by atoms with van der Waals surface area (Å²) in [7, 11) is 0. The minimum Gasteiger partial charge on any atom is -0.252 e. The van der Waals surface area contributed by atoms with E-state index in [2.05, 4.69) is 17.1 Å². The molecule has 0 unspecified atom stereocenters. The molecule has 2 heteroatoms. The summed E-state index contributed by atoms with van der Waals surface area (Å²) < 4.78 is 0. The van der Waals surface area contributed by atoms with Crippen molar-refractivity contribution >= 4 is 10.9 Å². The normalized spacial score (nSPS) is 9.85. The van der Waals surface area contributed by atoms with E-state index >= 15 is 0 Å². The first-order valence-corrected chi connectivity index (χ1v) is 4.00. The average molecular weight is 167 g/mol. The molecule has 13 heavy (non-hydrogen) atoms. The summed E-state index contributed by atoms with van der Waals surface area (Å²) in [4.78, 5) is 4.29. The van der Waals surface area contributed by atoms with Gasteiger partial charge in [0.15, 0.2) is 0 Å². The van der Waals surface area contributed by atoms with Gasteiger partial charge < -0.3 is 0 Å². The smallest absolute Gasteiger partial charge is 0.102 e. The van der Waals surface area contributed by atoms with Crippen LogP contribution in [0.25, 0.3) is 10.9 Å². The Bertz CT molecular complexity index is 495. The third-order valence-electron chi connectivity index (χ3n) is 1.93. The zero-order valence-corrected chi connectivity index (χ0v) is 7.20. The first-order valence-electron chi connectivity index (χ1n) is 4.00. The molecule has 1 heterocycles. The number of benzene rings is 1. The van der Waals surface area contributed by atoms with Crippen molar-refractivity contribution in [3.8, 4) is 6.07 Å². The van der Waals surface area contributed by atoms with Gasteiger partial charge in [0, 0.05) is 11.5 Å². The maximum atomic E-state index is 8.76. The third kappa shape index (κ3) is 1.25. The molecule has 0 saturated carbocycles. The monoisotopic (exact) mass is 167 g/mol. The fraction of sp³-hybridized carbons (Fsp3) is 0.0909. The summed E-state index contributed by atoms with van der Waals surface area (Å²) in [5.74, 6) is 0. The van der Waals surface area contributed by atoms with Crippen LogP contribution >= 0.6 is 0 Å². The van der Waals surface area contributed by atoms with Gasteiger partial charge >= 0.3 is 0 Å². The molecular weight excluding hydrogens is 160 g/mol. The highest BCUT2D eigenvalue weighted by Crippen LogP contribution is 2.14. The lowest BCUT2D eigenvalue weighted by Gasteiger charge is -1.99. The van der Waals surface area contributed by atoms with Gasteiger partial charge in [-0.05, 0) is 13.0 Å². The lowest BCUT2D eigenvalue weighted by atomic mass is 10.1. The van der Waals surface area contributed by atoms with E-state index in [0.29, 0.717) is 5.56 Å². The molecular formula is C11H7N2. The number of aromatic nitrogens is 1. The van der Waals surface area contributed by atoms with E-state index in [1.54, 1.807) is 0 Å². The molecule has 0 fully saturated rings. The van der Waals surface area contributed by atoms with E-state index in [1.807, 2.05) is 31.2 Å². The largest absolute Gasteiger partial charge is 0.252 e. The molecule has 0 spiro atoms. The van der Waals surface area contributed by atoms with Crippen molar-refractivity contribution in [1.29, 1.82) is 5.26 Å². The molecule has 0 N–H and O–H groups in total. The van der Waals surface area contributed by atoms with Gasteiger partial charge in [-0.1, -0.05) is 18.2 Å². The molecule has 0 saturated heterocycles. The SMILES string of the molecule is Cc1nc2ccccc2[c]c1C#N. The number of nitriles is 1. The van der Waals surface area contributed by atoms with Crippen molar-refractivity contribution < 1.29 is 0 Å². The molecule has 2 aromatic rings. The maximum absolute atomic E-state index is 8.76. The highest BCUT2D eigenvalue weighted by Gasteiger charge is 2.01. The van der Waals surface area contributed by atoms with Crippen LogP contribution in [0.4, 0.5) is 0 Å². The fourth-order valence-electron chi connectivity index (χ4n) is 1.25. The van der Waals surface area contributed by atoms with Crippen molar-refractivity contribution in [2.45, 2.75) is 6.92 Å². The highest BCUT2D eigenvalue weighted by atomic mass is 14.7. The molecule has 2 rings (SSSR count). The van der Waals surface area contributed by atoms with Crippen LogP contribution in [0.2, 0.25) is 0 Å². The van der Waals surface area contributed by atoms with Crippen LogP contribution in [0.5, 0.6) is 0 Å². The number of pyridine rings is 1. The van der Waals surface area contributed by atoms with Gasteiger partial charge in [-0.15, -0.1) is 0 Å². The summed E-state index contributed by atoms with van der Waals surface area (Å²) in [5, 5.41) is 9.65. The standard InChI is InChI=1S/C11H7N2/c1-8-10(7-12)6-9-4-2-3-5-11(9)13-8/h2-5H,1H3. The molecule has 2 nitrogen and oxygen atoms in total. The molecule has 1 aromatic heterocycles. The molecule has 0 amide bonds. The van der Waals surface area contributed by atoms with Crippen LogP contribution < -0.4 is 0 Å². The number of aryl methyl sites for hydroxylation is 1. The number of fused-ring (bicyclic) bond motifs is 1. The molecule has 0 aliphatic rings. The van der Waals surface area contributed by atoms with Crippen LogP contribution in [-0.4, -0.2) is 4.98 Å². The van der Waals surface area contributed by atoms with Gasteiger partial charge in [0.05, 0.1) is 16.8 Å². The molecule has 61 valence electrons. The van der Waals surface area contributed by atoms with E-state index in [-0.39, 0.29) is 0 Å². The molecule has 0 aliphatic carbocycles. The Hall–Kier alpha value is -1.88.